The van der Waals surface area contributed by atoms with E-state index in [0.29, 0.717) is 0 Å². The van der Waals surface area contributed by atoms with Crippen molar-refractivity contribution in [3.63, 3.8) is 0 Å². The molecular formula is C42H32Br2N2O. The zero-order chi connectivity index (χ0) is 31.9. The third kappa shape index (κ3) is 4.62. The molecule has 0 amide bonds. The molecule has 2 bridgehead atoms. The van der Waals surface area contributed by atoms with Crippen molar-refractivity contribution in [3.8, 4) is 16.8 Å². The highest BCUT2D eigenvalue weighted by Gasteiger charge is 2.54. The summed E-state index contributed by atoms with van der Waals surface area (Å²) in [6.45, 7) is 4.51. The molecule has 3 nitrogen and oxygen atoms in total. The molecule has 1 saturated heterocycles. The molecule has 2 aliphatic rings. The minimum Gasteiger partial charge on any atom is -0.360 e. The Bertz CT molecular complexity index is 2240. The number of halogens is 2. The van der Waals surface area contributed by atoms with Crippen molar-refractivity contribution in [2.24, 2.45) is 0 Å². The van der Waals surface area contributed by atoms with Crippen LogP contribution >= 0.6 is 31.9 Å². The van der Waals surface area contributed by atoms with E-state index in [9.17, 15) is 0 Å². The molecule has 0 radical (unpaired) electrons. The van der Waals surface area contributed by atoms with Gasteiger partial charge in [-0.3, -0.25) is 0 Å². The zero-order valence-electron chi connectivity index (χ0n) is 26.2. The Morgan fingerprint density at radius 2 is 1.11 bits per heavy atom. The highest BCUT2D eigenvalue weighted by molar-refractivity contribution is 9.10. The summed E-state index contributed by atoms with van der Waals surface area (Å²) in [5, 5.41) is 2.50. The van der Waals surface area contributed by atoms with Gasteiger partial charge in [-0.2, -0.15) is 0 Å². The molecule has 2 atom stereocenters. The minimum atomic E-state index is -0.242. The highest BCUT2D eigenvalue weighted by Crippen LogP contribution is 2.58. The maximum Gasteiger partial charge on any atom is 0.0920 e. The molecule has 5 heteroatoms. The van der Waals surface area contributed by atoms with Crippen molar-refractivity contribution in [1.29, 1.82) is 0 Å². The SMILES string of the molecule is CC12CCC(C)(O1)c1cc(-c3cc(N(c4ccc(Br)cc4)c4ccc(Br)cc4)cc(-n4c5ccccc5c5ccccc54)c3)ccc12. The molecule has 2 unspecified atom stereocenters. The summed E-state index contributed by atoms with van der Waals surface area (Å²) in [6, 6.07) is 48.5. The molecule has 47 heavy (non-hydrogen) atoms. The second kappa shape index (κ2) is 10.7. The Balaban J connectivity index is 1.33. The third-order valence-corrected chi connectivity index (χ3v) is 11.2. The van der Waals surface area contributed by atoms with Crippen LogP contribution in [0.1, 0.15) is 37.8 Å². The molecular weight excluding hydrogens is 708 g/mol. The summed E-state index contributed by atoms with van der Waals surface area (Å²) in [4.78, 5) is 2.35. The summed E-state index contributed by atoms with van der Waals surface area (Å²) in [6.07, 6.45) is 2.12. The van der Waals surface area contributed by atoms with Crippen molar-refractivity contribution in [2.75, 3.05) is 4.90 Å². The Labute approximate surface area is 291 Å². The van der Waals surface area contributed by atoms with E-state index in [0.717, 1.165) is 50.1 Å². The first-order valence-electron chi connectivity index (χ1n) is 16.1. The maximum atomic E-state index is 6.66. The van der Waals surface area contributed by atoms with Crippen LogP contribution in [0.25, 0.3) is 38.6 Å². The summed E-state index contributed by atoms with van der Waals surface area (Å²) < 4.78 is 11.2. The number of nitrogens with zero attached hydrogens (tertiary/aromatic N) is 2. The predicted octanol–water partition coefficient (Wildman–Crippen LogP) is 12.7. The first-order valence-corrected chi connectivity index (χ1v) is 17.7. The molecule has 1 fully saturated rings. The minimum absolute atomic E-state index is 0.196. The monoisotopic (exact) mass is 738 g/mol. The number of rotatable bonds is 5. The summed E-state index contributed by atoms with van der Waals surface area (Å²) >= 11 is 7.30. The van der Waals surface area contributed by atoms with E-state index < -0.39 is 0 Å². The van der Waals surface area contributed by atoms with Crippen LogP contribution in [0.3, 0.4) is 0 Å². The van der Waals surface area contributed by atoms with Gasteiger partial charge in [-0.15, -0.1) is 0 Å². The number of aromatic nitrogens is 1. The second-order valence-electron chi connectivity index (χ2n) is 13.2. The topological polar surface area (TPSA) is 17.4 Å². The van der Waals surface area contributed by atoms with Crippen LogP contribution < -0.4 is 4.90 Å². The molecule has 1 aromatic heterocycles. The van der Waals surface area contributed by atoms with E-state index in [1.807, 2.05) is 0 Å². The Morgan fingerprint density at radius 3 is 1.70 bits per heavy atom. The molecule has 0 saturated carbocycles. The summed E-state index contributed by atoms with van der Waals surface area (Å²) in [7, 11) is 0. The normalized spacial score (nSPS) is 19.8. The van der Waals surface area contributed by atoms with Crippen LogP contribution in [0.5, 0.6) is 0 Å². The lowest BCUT2D eigenvalue weighted by molar-refractivity contribution is -0.0662. The van der Waals surface area contributed by atoms with Crippen molar-refractivity contribution in [1.82, 2.24) is 4.57 Å². The molecule has 9 rings (SSSR count). The van der Waals surface area contributed by atoms with Gasteiger partial charge in [0.1, 0.15) is 0 Å². The van der Waals surface area contributed by atoms with Gasteiger partial charge in [0.05, 0.1) is 22.2 Å². The van der Waals surface area contributed by atoms with Gasteiger partial charge in [-0.05, 0) is 134 Å². The van der Waals surface area contributed by atoms with Gasteiger partial charge in [-0.1, -0.05) is 80.4 Å². The average molecular weight is 741 g/mol. The lowest BCUT2D eigenvalue weighted by Crippen LogP contribution is -2.17. The van der Waals surface area contributed by atoms with Crippen LogP contribution in [0, 0.1) is 0 Å². The lowest BCUT2D eigenvalue weighted by Gasteiger charge is -2.27. The van der Waals surface area contributed by atoms with Gasteiger partial charge >= 0.3 is 0 Å². The second-order valence-corrected chi connectivity index (χ2v) is 15.1. The van der Waals surface area contributed by atoms with Crippen molar-refractivity contribution in [2.45, 2.75) is 37.9 Å². The number of benzene rings is 6. The molecule has 3 heterocycles. The van der Waals surface area contributed by atoms with Gasteiger partial charge in [-0.25, -0.2) is 0 Å². The Kier molecular flexibility index (Phi) is 6.59. The van der Waals surface area contributed by atoms with Crippen LogP contribution in [-0.4, -0.2) is 4.57 Å². The first kappa shape index (κ1) is 29.0. The number of ether oxygens (including phenoxy) is 1. The van der Waals surface area contributed by atoms with E-state index in [1.54, 1.807) is 0 Å². The average Bonchev–Trinajstić information content (AvgIpc) is 3.68. The first-order chi connectivity index (χ1) is 22.8. The number of fused-ring (bicyclic) bond motifs is 8. The van der Waals surface area contributed by atoms with Gasteiger partial charge in [0.15, 0.2) is 0 Å². The van der Waals surface area contributed by atoms with E-state index in [2.05, 4.69) is 189 Å². The number of hydrogen-bond acceptors (Lipinski definition) is 2. The van der Waals surface area contributed by atoms with E-state index >= 15 is 0 Å². The molecule has 6 aromatic carbocycles. The largest absolute Gasteiger partial charge is 0.360 e. The number of para-hydroxylation sites is 2. The zero-order valence-corrected chi connectivity index (χ0v) is 29.3. The predicted molar refractivity (Wildman–Crippen MR) is 201 cm³/mol. The van der Waals surface area contributed by atoms with Gasteiger partial charge in [0, 0.05) is 42.5 Å². The number of hydrogen-bond donors (Lipinski definition) is 0. The lowest BCUT2D eigenvalue weighted by atomic mass is 9.77. The van der Waals surface area contributed by atoms with Crippen molar-refractivity contribution in [3.05, 3.63) is 154 Å². The van der Waals surface area contributed by atoms with Crippen LogP contribution in [0.15, 0.2) is 142 Å². The van der Waals surface area contributed by atoms with Gasteiger partial charge in [0.2, 0.25) is 0 Å². The van der Waals surface area contributed by atoms with Crippen LogP contribution in [0.2, 0.25) is 0 Å². The quantitative estimate of drug-likeness (QED) is 0.175. The maximum absolute atomic E-state index is 6.66. The van der Waals surface area contributed by atoms with Crippen LogP contribution in [-0.2, 0) is 15.9 Å². The molecule has 0 aliphatic carbocycles. The fourth-order valence-electron chi connectivity index (χ4n) is 7.93. The smallest absolute Gasteiger partial charge is 0.0920 e. The van der Waals surface area contributed by atoms with Crippen molar-refractivity contribution < 1.29 is 4.74 Å². The standard InChI is InChI=1S/C42H32Br2N2O/c1-41-21-22-42(2,47-41)38-25-27(11-20-37(38)41)28-23-33(45(31-16-12-29(43)13-17-31)32-18-14-30(44)15-19-32)26-34(24-28)46-39-9-5-3-7-35(39)36-8-4-6-10-40(36)46/h3-20,23-26H,21-22H2,1-2H3. The van der Waals surface area contributed by atoms with Gasteiger partial charge < -0.3 is 14.2 Å². The van der Waals surface area contributed by atoms with E-state index in [4.69, 9.17) is 4.74 Å². The van der Waals surface area contributed by atoms with Crippen LogP contribution in [0.4, 0.5) is 17.1 Å². The Hall–Kier alpha value is -4.16. The molecule has 7 aromatic rings. The summed E-state index contributed by atoms with van der Waals surface area (Å²) in [5.41, 5.74) is 11.3. The van der Waals surface area contributed by atoms with E-state index in [-0.39, 0.29) is 11.2 Å². The van der Waals surface area contributed by atoms with Crippen molar-refractivity contribution >= 4 is 70.7 Å². The molecule has 0 N–H and O–H groups in total. The van der Waals surface area contributed by atoms with Gasteiger partial charge in [0.25, 0.3) is 0 Å². The number of anilines is 3. The molecule has 0 spiro atoms. The molecule has 2 aliphatic heterocycles. The summed E-state index contributed by atoms with van der Waals surface area (Å²) in [5.74, 6) is 0. The Morgan fingerprint density at radius 1 is 0.553 bits per heavy atom. The fourth-order valence-corrected chi connectivity index (χ4v) is 8.46. The highest BCUT2D eigenvalue weighted by atomic mass is 79.9. The van der Waals surface area contributed by atoms with E-state index in [1.165, 1.54) is 38.5 Å². The third-order valence-electron chi connectivity index (χ3n) is 10.2. The molecule has 230 valence electrons. The fraction of sp³-hybridized carbons (Fsp3) is 0.143.